The predicted octanol–water partition coefficient (Wildman–Crippen LogP) is 6.74. The zero-order valence-electron chi connectivity index (χ0n) is 16.9. The van der Waals surface area contributed by atoms with Gasteiger partial charge in [0.05, 0.1) is 28.1 Å². The molecule has 0 saturated heterocycles. The Kier molecular flexibility index (Phi) is 5.60. The third-order valence-corrected chi connectivity index (χ3v) is 7.05. The largest absolute Gasteiger partial charge is 0.240 e. The fraction of sp³-hybridized carbons (Fsp3) is 0.348. The van der Waals surface area contributed by atoms with Crippen molar-refractivity contribution >= 4 is 34.2 Å². The lowest BCUT2D eigenvalue weighted by Crippen LogP contribution is -2.45. The van der Waals surface area contributed by atoms with Crippen LogP contribution in [0.2, 0.25) is 5.15 Å². The number of halogens is 4. The Bertz CT molecular complexity index is 1130. The van der Waals surface area contributed by atoms with Gasteiger partial charge in [0, 0.05) is 3.57 Å². The van der Waals surface area contributed by atoms with Crippen LogP contribution in [0, 0.1) is 20.6 Å². The van der Waals surface area contributed by atoms with Gasteiger partial charge in [-0.1, -0.05) is 38.4 Å². The van der Waals surface area contributed by atoms with Gasteiger partial charge in [-0.25, -0.2) is 13.8 Å². The van der Waals surface area contributed by atoms with Crippen molar-refractivity contribution in [2.24, 2.45) is 5.41 Å². The summed E-state index contributed by atoms with van der Waals surface area (Å²) >= 11 is 8.08. The highest BCUT2D eigenvalue weighted by atomic mass is 127. The number of pyridine rings is 1. The Labute approximate surface area is 193 Å². The lowest BCUT2D eigenvalue weighted by atomic mass is 9.57. The minimum atomic E-state index is -0.642. The number of hydrogen-bond acceptors (Lipinski definition) is 3. The second-order valence-corrected chi connectivity index (χ2v) is 10.2. The van der Waals surface area contributed by atoms with Crippen molar-refractivity contribution in [3.63, 3.8) is 0 Å². The second-order valence-electron chi connectivity index (χ2n) is 8.68. The molecule has 0 fully saturated rings. The molecule has 156 valence electrons. The van der Waals surface area contributed by atoms with Gasteiger partial charge < -0.3 is 0 Å². The van der Waals surface area contributed by atoms with Crippen LogP contribution in [0.25, 0.3) is 11.3 Å². The molecule has 2 heterocycles. The first-order valence-corrected chi connectivity index (χ1v) is 11.2. The van der Waals surface area contributed by atoms with Crippen LogP contribution < -0.4 is 0 Å². The number of hydrogen-bond donors (Lipinski definition) is 0. The van der Waals surface area contributed by atoms with E-state index in [0.717, 1.165) is 36.2 Å². The Morgan fingerprint density at radius 3 is 2.57 bits per heavy atom. The van der Waals surface area contributed by atoms with Gasteiger partial charge in [-0.3, -0.25) is 0 Å². The highest BCUT2D eigenvalue weighted by molar-refractivity contribution is 14.1. The van der Waals surface area contributed by atoms with E-state index in [1.807, 2.05) is 34.7 Å². The summed E-state index contributed by atoms with van der Waals surface area (Å²) in [6.45, 7) is 6.46. The van der Waals surface area contributed by atoms with Crippen molar-refractivity contribution in [1.82, 2.24) is 15.2 Å². The molecule has 30 heavy (non-hydrogen) atoms. The number of fused-ring (bicyclic) bond motifs is 1. The third kappa shape index (κ3) is 3.42. The fourth-order valence-corrected chi connectivity index (χ4v) is 5.15. The maximum atomic E-state index is 14.7. The molecule has 3 nitrogen and oxygen atoms in total. The van der Waals surface area contributed by atoms with Gasteiger partial charge in [-0.2, -0.15) is 5.10 Å². The van der Waals surface area contributed by atoms with Gasteiger partial charge in [0.1, 0.15) is 16.8 Å². The summed E-state index contributed by atoms with van der Waals surface area (Å²) in [5.41, 5.74) is 1.95. The molecule has 0 spiro atoms. The van der Waals surface area contributed by atoms with Gasteiger partial charge in [0.15, 0.2) is 0 Å². The van der Waals surface area contributed by atoms with Crippen LogP contribution in [-0.4, -0.2) is 15.2 Å². The first-order valence-electron chi connectivity index (χ1n) is 9.79. The highest BCUT2D eigenvalue weighted by Gasteiger charge is 2.50. The third-order valence-electron chi connectivity index (χ3n) is 6.01. The average Bonchev–Trinajstić information content (AvgIpc) is 2.69. The quantitative estimate of drug-likeness (QED) is 0.206. The Morgan fingerprint density at radius 1 is 1.10 bits per heavy atom. The van der Waals surface area contributed by atoms with E-state index >= 15 is 0 Å². The molecule has 0 amide bonds. The zero-order valence-corrected chi connectivity index (χ0v) is 19.9. The first kappa shape index (κ1) is 21.6. The monoisotopic (exact) mass is 539 g/mol. The van der Waals surface area contributed by atoms with Crippen molar-refractivity contribution in [3.8, 4) is 11.3 Å². The molecule has 0 bridgehead atoms. The molecule has 1 aliphatic rings. The maximum absolute atomic E-state index is 14.7. The van der Waals surface area contributed by atoms with Crippen LogP contribution in [0.5, 0.6) is 0 Å². The summed E-state index contributed by atoms with van der Waals surface area (Å²) in [6.07, 6.45) is 2.52. The number of aromatic nitrogens is 3. The van der Waals surface area contributed by atoms with E-state index < -0.39 is 17.0 Å². The van der Waals surface area contributed by atoms with E-state index in [4.69, 9.17) is 11.6 Å². The van der Waals surface area contributed by atoms with Crippen molar-refractivity contribution < 1.29 is 8.78 Å². The van der Waals surface area contributed by atoms with E-state index in [0.29, 0.717) is 8.72 Å². The van der Waals surface area contributed by atoms with Crippen LogP contribution in [0.4, 0.5) is 8.78 Å². The number of benzene rings is 1. The van der Waals surface area contributed by atoms with E-state index in [-0.39, 0.29) is 16.7 Å². The molecular formula is C23H21ClF2IN3. The van der Waals surface area contributed by atoms with Crippen molar-refractivity contribution in [3.05, 3.63) is 73.7 Å². The first-order chi connectivity index (χ1) is 14.1. The van der Waals surface area contributed by atoms with Crippen LogP contribution in [0.3, 0.4) is 0 Å². The number of rotatable bonds is 2. The van der Waals surface area contributed by atoms with Crippen LogP contribution >= 0.6 is 34.2 Å². The lowest BCUT2D eigenvalue weighted by Gasteiger charge is -2.47. The van der Waals surface area contributed by atoms with Gasteiger partial charge in [-0.05, 0) is 83.2 Å². The van der Waals surface area contributed by atoms with Crippen LogP contribution in [-0.2, 0) is 11.8 Å². The topological polar surface area (TPSA) is 38.7 Å². The number of aryl methyl sites for hydroxylation is 1. The fourth-order valence-electron chi connectivity index (χ4n) is 4.54. The molecule has 7 heteroatoms. The van der Waals surface area contributed by atoms with Gasteiger partial charge >= 0.3 is 0 Å². The maximum Gasteiger partial charge on any atom is 0.148 e. The molecule has 0 aliphatic heterocycles. The second kappa shape index (κ2) is 7.79. The van der Waals surface area contributed by atoms with Crippen LogP contribution in [0.1, 0.15) is 50.6 Å². The van der Waals surface area contributed by atoms with E-state index in [2.05, 4.69) is 36.0 Å². The molecule has 0 radical (unpaired) electrons. The van der Waals surface area contributed by atoms with E-state index in [9.17, 15) is 8.78 Å². The molecule has 4 rings (SSSR count). The Morgan fingerprint density at radius 2 is 1.87 bits per heavy atom. The van der Waals surface area contributed by atoms with E-state index in [1.165, 1.54) is 12.1 Å². The normalized spacial score (nSPS) is 18.9. The minimum Gasteiger partial charge on any atom is -0.240 e. The van der Waals surface area contributed by atoms with E-state index in [1.54, 1.807) is 12.1 Å². The zero-order chi connectivity index (χ0) is 21.7. The average molecular weight is 540 g/mol. The van der Waals surface area contributed by atoms with Crippen molar-refractivity contribution in [2.75, 3.05) is 0 Å². The lowest BCUT2D eigenvalue weighted by molar-refractivity contribution is 0.186. The Hall–Kier alpha value is -1.67. The summed E-state index contributed by atoms with van der Waals surface area (Å²) in [5, 5.41) is 9.28. The highest BCUT2D eigenvalue weighted by Crippen LogP contribution is 2.52. The molecule has 2 aromatic heterocycles. The molecule has 0 unspecified atom stereocenters. The summed E-state index contributed by atoms with van der Waals surface area (Å²) < 4.78 is 29.5. The predicted molar refractivity (Wildman–Crippen MR) is 123 cm³/mol. The molecule has 3 aromatic rings. The summed E-state index contributed by atoms with van der Waals surface area (Å²) in [6, 6.07) is 10.1. The summed E-state index contributed by atoms with van der Waals surface area (Å²) in [4.78, 5) is 4.63. The standard InChI is InChI=1S/C23H21ClF2IN3/c1-22(2,3)23(17-7-4-8-18(24)28-17)11-5-6-13-12-16(29-30-21(13)23)19-14(25)9-10-15(27)20(19)26/h4,7-10,12H,5-6,11H2,1-3H3/t23-/m0/s1. The van der Waals surface area contributed by atoms with Gasteiger partial charge in [-0.15, -0.1) is 5.10 Å². The van der Waals surface area contributed by atoms with Crippen molar-refractivity contribution in [1.29, 1.82) is 0 Å². The molecule has 1 aromatic carbocycles. The van der Waals surface area contributed by atoms with Crippen LogP contribution in [0.15, 0.2) is 36.4 Å². The number of nitrogens with zero attached hydrogens (tertiary/aromatic N) is 3. The van der Waals surface area contributed by atoms with Gasteiger partial charge in [0.2, 0.25) is 0 Å². The molecule has 0 saturated carbocycles. The van der Waals surface area contributed by atoms with Crippen molar-refractivity contribution in [2.45, 2.75) is 45.4 Å². The summed E-state index contributed by atoms with van der Waals surface area (Å²) in [7, 11) is 0. The summed E-state index contributed by atoms with van der Waals surface area (Å²) in [5.74, 6) is -1.25. The molecule has 1 aliphatic carbocycles. The minimum absolute atomic E-state index is 0.134. The molecular weight excluding hydrogens is 519 g/mol. The molecule has 0 N–H and O–H groups in total. The Balaban J connectivity index is 1.95. The SMILES string of the molecule is CC(C)(C)[C@]1(c2cccc(Cl)n2)CCCc2cc(-c3c(F)ccc(I)c3F)nnc21. The van der Waals surface area contributed by atoms with Gasteiger partial charge in [0.25, 0.3) is 0 Å². The smallest absolute Gasteiger partial charge is 0.148 e. The molecule has 1 atom stereocenters.